The first-order valence-corrected chi connectivity index (χ1v) is 12.1. The molecule has 3 aromatic rings. The van der Waals surface area contributed by atoms with Crippen LogP contribution in [0, 0.1) is 17.6 Å². The Morgan fingerprint density at radius 1 is 1.19 bits per heavy atom. The van der Waals surface area contributed by atoms with Gasteiger partial charge in [0.2, 0.25) is 5.82 Å². The van der Waals surface area contributed by atoms with Crippen molar-refractivity contribution in [1.82, 2.24) is 14.5 Å². The van der Waals surface area contributed by atoms with Crippen molar-refractivity contribution < 1.29 is 45.8 Å². The smallest absolute Gasteiger partial charge is 0.417 e. The molecule has 3 amide bonds. The van der Waals surface area contributed by atoms with Gasteiger partial charge in [-0.15, -0.1) is 0 Å². The van der Waals surface area contributed by atoms with Crippen molar-refractivity contribution in [1.29, 1.82) is 0 Å². The standard InChI is InChI=1S/C25H23F5N6O6/c1-10-16(12-4-5-13(26)17(27)18(12)41-3)19(42-24(10,2)25(28,29)30)21(38)33-11-8-14(20(31)37)34-15(9-11)35-23(40)36-7-6-32-22(36)39/h4-10,16,19H,1-3H3,(H2,31,37)(H,32,39)(H2,33,34,35,38,40)/t10-,16-,19+,24+/m0/s1. The Hall–Kier alpha value is -4.80. The molecule has 0 unspecified atom stereocenters. The molecule has 1 aromatic carbocycles. The summed E-state index contributed by atoms with van der Waals surface area (Å²) in [5, 5.41) is 4.52. The lowest BCUT2D eigenvalue weighted by atomic mass is 9.77. The van der Waals surface area contributed by atoms with Gasteiger partial charge < -0.3 is 25.5 Å². The van der Waals surface area contributed by atoms with Crippen LogP contribution in [0.25, 0.3) is 0 Å². The molecule has 2 aromatic heterocycles. The van der Waals surface area contributed by atoms with Crippen molar-refractivity contribution in [2.45, 2.75) is 37.6 Å². The highest BCUT2D eigenvalue weighted by atomic mass is 19.4. The summed E-state index contributed by atoms with van der Waals surface area (Å²) in [6.45, 7) is 1.86. The molecule has 224 valence electrons. The molecule has 5 N–H and O–H groups in total. The Kier molecular flexibility index (Phi) is 7.82. The topological polar surface area (TPSA) is 170 Å². The third kappa shape index (κ3) is 5.29. The zero-order chi connectivity index (χ0) is 31.1. The second-order valence-electron chi connectivity index (χ2n) is 9.49. The number of nitrogens with two attached hydrogens (primary N) is 1. The molecule has 1 saturated heterocycles. The van der Waals surface area contributed by atoms with Crippen LogP contribution in [0.4, 0.5) is 38.3 Å². The lowest BCUT2D eigenvalue weighted by Crippen LogP contribution is -2.47. The number of aromatic nitrogens is 3. The fraction of sp³-hybridized carbons (Fsp3) is 0.320. The predicted molar refractivity (Wildman–Crippen MR) is 135 cm³/mol. The maximum atomic E-state index is 14.6. The number of halogens is 5. The Morgan fingerprint density at radius 3 is 2.45 bits per heavy atom. The van der Waals surface area contributed by atoms with Gasteiger partial charge in [0.05, 0.1) is 7.11 Å². The second-order valence-corrected chi connectivity index (χ2v) is 9.49. The van der Waals surface area contributed by atoms with E-state index in [1.54, 1.807) is 0 Å². The number of anilines is 2. The third-order valence-electron chi connectivity index (χ3n) is 7.02. The van der Waals surface area contributed by atoms with Gasteiger partial charge in [-0.05, 0) is 19.1 Å². The van der Waals surface area contributed by atoms with Crippen LogP contribution in [-0.2, 0) is 9.53 Å². The molecule has 17 heteroatoms. The first kappa shape index (κ1) is 30.2. The molecule has 1 aliphatic rings. The number of pyridine rings is 1. The van der Waals surface area contributed by atoms with E-state index in [-0.39, 0.29) is 17.1 Å². The van der Waals surface area contributed by atoms with E-state index in [0.717, 1.165) is 45.4 Å². The lowest BCUT2D eigenvalue weighted by molar-refractivity contribution is -0.272. The summed E-state index contributed by atoms with van der Waals surface area (Å²) in [5.74, 6) is -9.14. The summed E-state index contributed by atoms with van der Waals surface area (Å²) in [4.78, 5) is 55.5. The minimum atomic E-state index is -4.99. The van der Waals surface area contributed by atoms with Crippen LogP contribution in [0.2, 0.25) is 0 Å². The number of rotatable bonds is 6. The Bertz CT molecular complexity index is 1620. The number of aromatic amines is 1. The first-order valence-electron chi connectivity index (χ1n) is 12.1. The van der Waals surface area contributed by atoms with E-state index >= 15 is 0 Å². The molecule has 0 saturated carbocycles. The highest BCUT2D eigenvalue weighted by Gasteiger charge is 2.66. The molecule has 4 atom stereocenters. The molecule has 0 spiro atoms. The lowest BCUT2D eigenvalue weighted by Gasteiger charge is -2.32. The zero-order valence-electron chi connectivity index (χ0n) is 22.0. The minimum absolute atomic E-state index is 0.255. The van der Waals surface area contributed by atoms with E-state index < -0.39 is 76.3 Å². The molecule has 4 rings (SSSR count). The first-order chi connectivity index (χ1) is 19.6. The molecular weight excluding hydrogens is 575 g/mol. The monoisotopic (exact) mass is 598 g/mol. The summed E-state index contributed by atoms with van der Waals surface area (Å²) in [6, 6.07) is 2.69. The number of primary amides is 1. The van der Waals surface area contributed by atoms with E-state index in [9.17, 15) is 41.1 Å². The normalized spacial score (nSPS) is 22.0. The third-order valence-corrected chi connectivity index (χ3v) is 7.02. The predicted octanol–water partition coefficient (Wildman–Crippen LogP) is 3.12. The number of carbonyl (C=O) groups excluding carboxylic acids is 3. The Morgan fingerprint density at radius 2 is 1.88 bits per heavy atom. The molecular formula is C25H23F5N6O6. The minimum Gasteiger partial charge on any atom is -0.493 e. The van der Waals surface area contributed by atoms with Crippen molar-refractivity contribution >= 4 is 29.4 Å². The van der Waals surface area contributed by atoms with Crippen LogP contribution in [0.1, 0.15) is 35.8 Å². The highest BCUT2D eigenvalue weighted by Crippen LogP contribution is 2.55. The van der Waals surface area contributed by atoms with Gasteiger partial charge in [-0.1, -0.05) is 13.0 Å². The SMILES string of the molecule is COc1c([C@H]2[C@H](C(=O)Nc3cc(NC(=O)n4cc[nH]c4=O)nc(C(N)=O)c3)O[C@@](C)(C(F)(F)F)[C@H]2C)ccc(F)c1F. The molecule has 12 nitrogen and oxygen atoms in total. The Labute approximate surface area is 233 Å². The molecule has 3 heterocycles. The van der Waals surface area contributed by atoms with Gasteiger partial charge >= 0.3 is 17.9 Å². The number of nitrogens with one attached hydrogen (secondary N) is 3. The number of hydrogen-bond acceptors (Lipinski definition) is 7. The summed E-state index contributed by atoms with van der Waals surface area (Å²) in [6.07, 6.45) is -4.65. The number of hydrogen-bond donors (Lipinski definition) is 4. The van der Waals surface area contributed by atoms with E-state index in [1.807, 2.05) is 0 Å². The van der Waals surface area contributed by atoms with E-state index in [1.165, 1.54) is 6.20 Å². The fourth-order valence-electron chi connectivity index (χ4n) is 4.70. The van der Waals surface area contributed by atoms with Crippen molar-refractivity contribution in [3.05, 3.63) is 70.0 Å². The van der Waals surface area contributed by atoms with Crippen LogP contribution in [0.3, 0.4) is 0 Å². The van der Waals surface area contributed by atoms with Crippen molar-refractivity contribution in [2.24, 2.45) is 11.7 Å². The van der Waals surface area contributed by atoms with Gasteiger partial charge in [0.15, 0.2) is 17.2 Å². The number of carbonyl (C=O) groups is 3. The fourth-order valence-corrected chi connectivity index (χ4v) is 4.70. The number of ether oxygens (including phenoxy) is 2. The van der Waals surface area contributed by atoms with Crippen LogP contribution in [-0.4, -0.2) is 57.4 Å². The number of benzene rings is 1. The number of amides is 3. The van der Waals surface area contributed by atoms with Crippen LogP contribution < -0.4 is 26.8 Å². The number of nitrogens with zero attached hydrogens (tertiary/aromatic N) is 2. The Balaban J connectivity index is 1.73. The molecule has 0 bridgehead atoms. The average molecular weight is 598 g/mol. The molecule has 0 radical (unpaired) electrons. The van der Waals surface area contributed by atoms with Gasteiger partial charge in [0.25, 0.3) is 11.8 Å². The van der Waals surface area contributed by atoms with Crippen molar-refractivity contribution in [2.75, 3.05) is 17.7 Å². The largest absolute Gasteiger partial charge is 0.493 e. The van der Waals surface area contributed by atoms with Crippen LogP contribution in [0.5, 0.6) is 5.75 Å². The summed E-state index contributed by atoms with van der Waals surface area (Å²) >= 11 is 0. The molecule has 1 aliphatic heterocycles. The summed E-state index contributed by atoms with van der Waals surface area (Å²) in [5.41, 5.74) is 0.608. The summed E-state index contributed by atoms with van der Waals surface area (Å²) < 4.78 is 81.9. The van der Waals surface area contributed by atoms with Gasteiger partial charge in [-0.25, -0.2) is 23.5 Å². The number of alkyl halides is 3. The molecule has 0 aliphatic carbocycles. The average Bonchev–Trinajstić information content (AvgIpc) is 3.46. The van der Waals surface area contributed by atoms with E-state index in [0.29, 0.717) is 10.6 Å². The number of H-pyrrole nitrogens is 1. The number of methoxy groups -OCH3 is 1. The van der Waals surface area contributed by atoms with Gasteiger partial charge in [0.1, 0.15) is 17.6 Å². The maximum absolute atomic E-state index is 14.6. The second kappa shape index (κ2) is 10.9. The number of imidazole rings is 1. The van der Waals surface area contributed by atoms with Gasteiger partial charge in [-0.3, -0.25) is 14.9 Å². The highest BCUT2D eigenvalue weighted by molar-refractivity contribution is 5.99. The van der Waals surface area contributed by atoms with Crippen LogP contribution in [0.15, 0.2) is 41.5 Å². The van der Waals surface area contributed by atoms with E-state index in [4.69, 9.17) is 15.2 Å². The molecule has 42 heavy (non-hydrogen) atoms. The van der Waals surface area contributed by atoms with Crippen molar-refractivity contribution in [3.8, 4) is 5.75 Å². The van der Waals surface area contributed by atoms with E-state index in [2.05, 4.69) is 20.6 Å². The van der Waals surface area contributed by atoms with Crippen molar-refractivity contribution in [3.63, 3.8) is 0 Å². The maximum Gasteiger partial charge on any atom is 0.417 e. The van der Waals surface area contributed by atoms with Gasteiger partial charge in [0, 0.05) is 41.5 Å². The molecule has 1 fully saturated rings. The summed E-state index contributed by atoms with van der Waals surface area (Å²) in [7, 11) is 0.986. The zero-order valence-corrected chi connectivity index (χ0v) is 22.0. The quantitative estimate of drug-likeness (QED) is 0.316. The van der Waals surface area contributed by atoms with Crippen LogP contribution >= 0.6 is 0 Å². The van der Waals surface area contributed by atoms with Gasteiger partial charge in [-0.2, -0.15) is 17.6 Å².